The van der Waals surface area contributed by atoms with Crippen LogP contribution in [0.2, 0.25) is 0 Å². The van der Waals surface area contributed by atoms with Crippen LogP contribution in [-0.4, -0.2) is 80.4 Å². The van der Waals surface area contributed by atoms with Crippen molar-refractivity contribution in [3.8, 4) is 5.75 Å². The quantitative estimate of drug-likeness (QED) is 0.810. The molecule has 2 rings (SSSR count). The lowest BCUT2D eigenvalue weighted by Crippen LogP contribution is -2.50. The van der Waals surface area contributed by atoms with Crippen LogP contribution in [0.4, 0.5) is 0 Å². The van der Waals surface area contributed by atoms with Crippen LogP contribution in [0.5, 0.6) is 5.75 Å². The van der Waals surface area contributed by atoms with E-state index in [1.165, 1.54) is 0 Å². The molecule has 126 valence electrons. The molecule has 1 aromatic carbocycles. The van der Waals surface area contributed by atoms with E-state index in [0.29, 0.717) is 38.2 Å². The van der Waals surface area contributed by atoms with E-state index in [2.05, 4.69) is 0 Å². The first-order valence-corrected chi connectivity index (χ1v) is 7.87. The Balaban J connectivity index is 1.85. The minimum Gasteiger partial charge on any atom is -0.497 e. The van der Waals surface area contributed by atoms with Crippen LogP contribution in [0.25, 0.3) is 0 Å². The molecule has 23 heavy (non-hydrogen) atoms. The third-order valence-corrected chi connectivity index (χ3v) is 4.03. The second-order valence-corrected chi connectivity index (χ2v) is 5.95. The van der Waals surface area contributed by atoms with Gasteiger partial charge in [-0.05, 0) is 38.4 Å². The van der Waals surface area contributed by atoms with Gasteiger partial charge in [-0.3, -0.25) is 9.59 Å². The van der Waals surface area contributed by atoms with Crippen molar-refractivity contribution in [2.45, 2.75) is 6.42 Å². The summed E-state index contributed by atoms with van der Waals surface area (Å²) in [5.41, 5.74) is 0.651. The zero-order valence-electron chi connectivity index (χ0n) is 14.1. The Morgan fingerprint density at radius 2 is 1.61 bits per heavy atom. The van der Waals surface area contributed by atoms with Gasteiger partial charge in [0, 0.05) is 44.7 Å². The maximum Gasteiger partial charge on any atom is 0.253 e. The highest BCUT2D eigenvalue weighted by Gasteiger charge is 2.24. The van der Waals surface area contributed by atoms with E-state index in [-0.39, 0.29) is 11.8 Å². The number of ether oxygens (including phenoxy) is 1. The lowest BCUT2D eigenvalue weighted by Gasteiger charge is -2.35. The van der Waals surface area contributed by atoms with Crippen LogP contribution in [0.3, 0.4) is 0 Å². The second kappa shape index (κ2) is 7.97. The molecule has 0 spiro atoms. The van der Waals surface area contributed by atoms with E-state index in [4.69, 9.17) is 4.74 Å². The molecule has 1 saturated heterocycles. The number of amides is 2. The lowest BCUT2D eigenvalue weighted by atomic mass is 10.1. The molecule has 1 aromatic rings. The highest BCUT2D eigenvalue weighted by molar-refractivity contribution is 5.94. The van der Waals surface area contributed by atoms with Crippen molar-refractivity contribution in [1.82, 2.24) is 14.7 Å². The molecule has 0 bridgehead atoms. The first kappa shape index (κ1) is 17.3. The van der Waals surface area contributed by atoms with E-state index in [0.717, 1.165) is 12.3 Å². The molecular weight excluding hydrogens is 294 g/mol. The molecule has 0 radical (unpaired) electrons. The Bertz CT molecular complexity index is 535. The standard InChI is InChI=1S/C17H25N3O3/c1-18(2)9-8-16(21)19-10-12-20(13-11-19)17(22)14-4-6-15(23-3)7-5-14/h4-7H,8-13H2,1-3H3. The zero-order chi connectivity index (χ0) is 16.8. The highest BCUT2D eigenvalue weighted by atomic mass is 16.5. The summed E-state index contributed by atoms with van der Waals surface area (Å²) >= 11 is 0. The topological polar surface area (TPSA) is 53.1 Å². The number of benzene rings is 1. The first-order valence-electron chi connectivity index (χ1n) is 7.87. The van der Waals surface area contributed by atoms with Crippen LogP contribution < -0.4 is 4.74 Å². The molecule has 2 amide bonds. The summed E-state index contributed by atoms with van der Waals surface area (Å²) in [6.07, 6.45) is 0.527. The highest BCUT2D eigenvalue weighted by Crippen LogP contribution is 2.14. The van der Waals surface area contributed by atoms with E-state index in [9.17, 15) is 9.59 Å². The van der Waals surface area contributed by atoms with Gasteiger partial charge in [0.2, 0.25) is 5.91 Å². The Hall–Kier alpha value is -2.08. The van der Waals surface area contributed by atoms with Gasteiger partial charge >= 0.3 is 0 Å². The summed E-state index contributed by atoms with van der Waals surface area (Å²) in [6, 6.07) is 7.12. The molecule has 0 aliphatic carbocycles. The van der Waals surface area contributed by atoms with Gasteiger partial charge in [0.1, 0.15) is 5.75 Å². The molecule has 0 atom stereocenters. The van der Waals surface area contributed by atoms with Crippen molar-refractivity contribution in [3.05, 3.63) is 29.8 Å². The minimum atomic E-state index is 0.00745. The van der Waals surface area contributed by atoms with Gasteiger partial charge in [0.15, 0.2) is 0 Å². The van der Waals surface area contributed by atoms with E-state index in [1.807, 2.05) is 23.9 Å². The fourth-order valence-corrected chi connectivity index (χ4v) is 2.55. The van der Waals surface area contributed by atoms with Crippen molar-refractivity contribution in [2.75, 3.05) is 53.9 Å². The molecular formula is C17H25N3O3. The third-order valence-electron chi connectivity index (χ3n) is 4.03. The normalized spacial score (nSPS) is 15.0. The largest absolute Gasteiger partial charge is 0.497 e. The molecule has 0 aromatic heterocycles. The first-order chi connectivity index (χ1) is 11.0. The number of methoxy groups -OCH3 is 1. The maximum atomic E-state index is 12.5. The number of carbonyl (C=O) groups is 2. The molecule has 1 aliphatic rings. The van der Waals surface area contributed by atoms with Crippen molar-refractivity contribution in [2.24, 2.45) is 0 Å². The molecule has 0 N–H and O–H groups in total. The van der Waals surface area contributed by atoms with E-state index < -0.39 is 0 Å². The predicted octanol–water partition coefficient (Wildman–Crippen LogP) is 0.931. The van der Waals surface area contributed by atoms with E-state index in [1.54, 1.807) is 36.3 Å². The van der Waals surface area contributed by atoms with Gasteiger partial charge in [0.25, 0.3) is 5.91 Å². The number of rotatable bonds is 5. The smallest absolute Gasteiger partial charge is 0.253 e. The minimum absolute atomic E-state index is 0.00745. The summed E-state index contributed by atoms with van der Waals surface area (Å²) < 4.78 is 5.10. The molecule has 6 heteroatoms. The molecule has 1 heterocycles. The number of carbonyl (C=O) groups excluding carboxylic acids is 2. The van der Waals surface area contributed by atoms with Gasteiger partial charge in [-0.2, -0.15) is 0 Å². The average molecular weight is 319 g/mol. The Morgan fingerprint density at radius 1 is 1.04 bits per heavy atom. The Labute approximate surface area is 137 Å². The Kier molecular flexibility index (Phi) is 5.98. The van der Waals surface area contributed by atoms with Crippen molar-refractivity contribution < 1.29 is 14.3 Å². The average Bonchev–Trinajstić information content (AvgIpc) is 2.59. The van der Waals surface area contributed by atoms with Gasteiger partial charge in [-0.15, -0.1) is 0 Å². The second-order valence-electron chi connectivity index (χ2n) is 5.95. The number of nitrogens with zero attached hydrogens (tertiary/aromatic N) is 3. The van der Waals surface area contributed by atoms with Gasteiger partial charge in [-0.1, -0.05) is 0 Å². The van der Waals surface area contributed by atoms with Gasteiger partial charge < -0.3 is 19.4 Å². The van der Waals surface area contributed by atoms with Crippen molar-refractivity contribution in [1.29, 1.82) is 0 Å². The summed E-state index contributed by atoms with van der Waals surface area (Å²) in [5, 5.41) is 0. The van der Waals surface area contributed by atoms with E-state index >= 15 is 0 Å². The zero-order valence-corrected chi connectivity index (χ0v) is 14.1. The monoisotopic (exact) mass is 319 g/mol. The van der Waals surface area contributed by atoms with Crippen LogP contribution in [-0.2, 0) is 4.79 Å². The Morgan fingerprint density at radius 3 is 2.13 bits per heavy atom. The summed E-state index contributed by atoms with van der Waals surface area (Å²) in [7, 11) is 5.51. The molecule has 1 fully saturated rings. The molecule has 0 saturated carbocycles. The lowest BCUT2D eigenvalue weighted by molar-refractivity contribution is -0.132. The van der Waals surface area contributed by atoms with Crippen LogP contribution in [0, 0.1) is 0 Å². The van der Waals surface area contributed by atoms with Crippen LogP contribution in [0.1, 0.15) is 16.8 Å². The SMILES string of the molecule is COc1ccc(C(=O)N2CCN(C(=O)CCN(C)C)CC2)cc1. The predicted molar refractivity (Wildman–Crippen MR) is 88.6 cm³/mol. The number of piperazine rings is 1. The molecule has 6 nitrogen and oxygen atoms in total. The summed E-state index contributed by atoms with van der Waals surface area (Å²) in [6.45, 7) is 3.13. The molecule has 0 unspecified atom stereocenters. The van der Waals surface area contributed by atoms with Crippen molar-refractivity contribution in [3.63, 3.8) is 0 Å². The van der Waals surface area contributed by atoms with Gasteiger partial charge in [0.05, 0.1) is 7.11 Å². The van der Waals surface area contributed by atoms with Crippen molar-refractivity contribution >= 4 is 11.8 Å². The summed E-state index contributed by atoms with van der Waals surface area (Å²) in [5.74, 6) is 0.904. The number of hydrogen-bond acceptors (Lipinski definition) is 4. The van der Waals surface area contributed by atoms with Crippen LogP contribution in [0.15, 0.2) is 24.3 Å². The van der Waals surface area contributed by atoms with Gasteiger partial charge in [-0.25, -0.2) is 0 Å². The fourth-order valence-electron chi connectivity index (χ4n) is 2.55. The fraction of sp³-hybridized carbons (Fsp3) is 0.529. The number of hydrogen-bond donors (Lipinski definition) is 0. The third kappa shape index (κ3) is 4.69. The maximum absolute atomic E-state index is 12.5. The summed E-state index contributed by atoms with van der Waals surface area (Å²) in [4.78, 5) is 30.2. The van der Waals surface area contributed by atoms with Crippen LogP contribution >= 0.6 is 0 Å². The molecule has 1 aliphatic heterocycles.